The Labute approximate surface area is 143 Å². The van der Waals surface area contributed by atoms with Crippen molar-refractivity contribution in [1.29, 1.82) is 0 Å². The SMILES string of the molecule is O=C(c1cncc(-c2ccc(F)cc2)n1)N1CCOc2ccccc21. The average Bonchev–Trinajstić information content (AvgIpc) is 2.68. The molecule has 0 saturated carbocycles. The molecule has 2 aromatic carbocycles. The molecule has 0 fully saturated rings. The van der Waals surface area contributed by atoms with Crippen molar-refractivity contribution in [3.05, 3.63) is 72.4 Å². The maximum atomic E-state index is 13.1. The topological polar surface area (TPSA) is 55.3 Å². The van der Waals surface area contributed by atoms with Crippen LogP contribution in [0.5, 0.6) is 5.75 Å². The molecular weight excluding hydrogens is 321 g/mol. The van der Waals surface area contributed by atoms with Crippen molar-refractivity contribution in [2.45, 2.75) is 0 Å². The van der Waals surface area contributed by atoms with Gasteiger partial charge in [0.2, 0.25) is 0 Å². The Kier molecular flexibility index (Phi) is 3.85. The zero-order chi connectivity index (χ0) is 17.2. The average molecular weight is 335 g/mol. The summed E-state index contributed by atoms with van der Waals surface area (Å²) in [6.07, 6.45) is 2.99. The van der Waals surface area contributed by atoms with Crippen LogP contribution in [-0.4, -0.2) is 29.0 Å². The number of carbonyl (C=O) groups excluding carboxylic acids is 1. The van der Waals surface area contributed by atoms with E-state index < -0.39 is 0 Å². The minimum atomic E-state index is -0.325. The number of fused-ring (bicyclic) bond motifs is 1. The van der Waals surface area contributed by atoms with Crippen molar-refractivity contribution < 1.29 is 13.9 Å². The first kappa shape index (κ1) is 15.3. The highest BCUT2D eigenvalue weighted by molar-refractivity contribution is 6.05. The van der Waals surface area contributed by atoms with E-state index in [2.05, 4.69) is 9.97 Å². The number of amides is 1. The van der Waals surface area contributed by atoms with E-state index in [-0.39, 0.29) is 17.4 Å². The lowest BCUT2D eigenvalue weighted by Gasteiger charge is -2.29. The van der Waals surface area contributed by atoms with Crippen molar-refractivity contribution in [2.75, 3.05) is 18.1 Å². The van der Waals surface area contributed by atoms with Crippen LogP contribution in [0, 0.1) is 5.82 Å². The maximum Gasteiger partial charge on any atom is 0.278 e. The third-order valence-electron chi connectivity index (χ3n) is 3.97. The van der Waals surface area contributed by atoms with Gasteiger partial charge >= 0.3 is 0 Å². The molecule has 0 aliphatic carbocycles. The molecular formula is C19H14FN3O2. The fourth-order valence-electron chi connectivity index (χ4n) is 2.75. The zero-order valence-corrected chi connectivity index (χ0v) is 13.2. The molecule has 0 atom stereocenters. The van der Waals surface area contributed by atoms with Crippen molar-refractivity contribution in [2.24, 2.45) is 0 Å². The Morgan fingerprint density at radius 3 is 2.72 bits per heavy atom. The highest BCUT2D eigenvalue weighted by atomic mass is 19.1. The molecule has 6 heteroatoms. The number of carbonyl (C=O) groups is 1. The van der Waals surface area contributed by atoms with Gasteiger partial charge in [-0.1, -0.05) is 12.1 Å². The van der Waals surface area contributed by atoms with Crippen LogP contribution in [0.3, 0.4) is 0 Å². The summed E-state index contributed by atoms with van der Waals surface area (Å²) in [5.74, 6) is 0.103. The molecule has 4 rings (SSSR count). The van der Waals surface area contributed by atoms with E-state index in [1.54, 1.807) is 23.2 Å². The molecule has 3 aromatic rings. The summed E-state index contributed by atoms with van der Waals surface area (Å²) < 4.78 is 18.7. The first-order valence-corrected chi connectivity index (χ1v) is 7.84. The summed E-state index contributed by atoms with van der Waals surface area (Å²) in [5, 5.41) is 0. The summed E-state index contributed by atoms with van der Waals surface area (Å²) in [7, 11) is 0. The Morgan fingerprint density at radius 1 is 1.08 bits per heavy atom. The van der Waals surface area contributed by atoms with Gasteiger partial charge in [-0.25, -0.2) is 9.37 Å². The molecule has 0 N–H and O–H groups in total. The third-order valence-corrected chi connectivity index (χ3v) is 3.97. The van der Waals surface area contributed by atoms with E-state index in [4.69, 9.17) is 4.74 Å². The Morgan fingerprint density at radius 2 is 1.88 bits per heavy atom. The van der Waals surface area contributed by atoms with Gasteiger partial charge < -0.3 is 9.64 Å². The molecule has 0 saturated heterocycles. The minimum Gasteiger partial charge on any atom is -0.490 e. The Hall–Kier alpha value is -3.28. The normalized spacial score (nSPS) is 13.1. The summed E-state index contributed by atoms with van der Waals surface area (Å²) in [4.78, 5) is 23.1. The molecule has 2 heterocycles. The van der Waals surface area contributed by atoms with E-state index in [0.717, 1.165) is 0 Å². The molecule has 0 unspecified atom stereocenters. The number of hydrogen-bond acceptors (Lipinski definition) is 4. The fourth-order valence-corrected chi connectivity index (χ4v) is 2.75. The second-order valence-corrected chi connectivity index (χ2v) is 5.57. The van der Waals surface area contributed by atoms with Crippen molar-refractivity contribution >= 4 is 11.6 Å². The van der Waals surface area contributed by atoms with Crippen LogP contribution >= 0.6 is 0 Å². The third kappa shape index (κ3) is 2.94. The monoisotopic (exact) mass is 335 g/mol. The number of ether oxygens (including phenoxy) is 1. The van der Waals surface area contributed by atoms with Crippen molar-refractivity contribution in [1.82, 2.24) is 9.97 Å². The van der Waals surface area contributed by atoms with Crippen LogP contribution in [0.4, 0.5) is 10.1 Å². The highest BCUT2D eigenvalue weighted by Crippen LogP contribution is 2.31. The minimum absolute atomic E-state index is 0.235. The van der Waals surface area contributed by atoms with Crippen LogP contribution in [0.25, 0.3) is 11.3 Å². The molecule has 1 aliphatic heterocycles. The lowest BCUT2D eigenvalue weighted by Crippen LogP contribution is -2.38. The van der Waals surface area contributed by atoms with Crippen molar-refractivity contribution in [3.63, 3.8) is 0 Å². The largest absolute Gasteiger partial charge is 0.490 e. The maximum absolute atomic E-state index is 13.1. The number of halogens is 1. The van der Waals surface area contributed by atoms with Gasteiger partial charge in [0.15, 0.2) is 0 Å². The van der Waals surface area contributed by atoms with Crippen LogP contribution in [0.2, 0.25) is 0 Å². The van der Waals surface area contributed by atoms with E-state index in [1.807, 2.05) is 24.3 Å². The van der Waals surface area contributed by atoms with E-state index in [9.17, 15) is 9.18 Å². The van der Waals surface area contributed by atoms with E-state index in [1.165, 1.54) is 18.3 Å². The van der Waals surface area contributed by atoms with Crippen LogP contribution in [-0.2, 0) is 0 Å². The predicted molar refractivity (Wildman–Crippen MR) is 91.0 cm³/mol. The Balaban J connectivity index is 1.68. The molecule has 0 radical (unpaired) electrons. The fraction of sp³-hybridized carbons (Fsp3) is 0.105. The van der Waals surface area contributed by atoms with Crippen LogP contribution < -0.4 is 9.64 Å². The summed E-state index contributed by atoms with van der Waals surface area (Å²) in [6, 6.07) is 13.3. The lowest BCUT2D eigenvalue weighted by atomic mass is 10.1. The Bertz CT molecular complexity index is 928. The molecule has 1 amide bonds. The number of aromatic nitrogens is 2. The zero-order valence-electron chi connectivity index (χ0n) is 13.2. The van der Waals surface area contributed by atoms with Gasteiger partial charge in [0.05, 0.1) is 30.3 Å². The van der Waals surface area contributed by atoms with Gasteiger partial charge in [0, 0.05) is 5.56 Å². The van der Waals surface area contributed by atoms with Gasteiger partial charge in [-0.3, -0.25) is 9.78 Å². The number of benzene rings is 2. The lowest BCUT2D eigenvalue weighted by molar-refractivity contribution is 0.0971. The van der Waals surface area contributed by atoms with Gasteiger partial charge in [-0.15, -0.1) is 0 Å². The van der Waals surface area contributed by atoms with Gasteiger partial charge in [-0.05, 0) is 36.4 Å². The predicted octanol–water partition coefficient (Wildman–Crippen LogP) is 3.32. The van der Waals surface area contributed by atoms with Crippen LogP contribution in [0.1, 0.15) is 10.5 Å². The first-order valence-electron chi connectivity index (χ1n) is 7.84. The second-order valence-electron chi connectivity index (χ2n) is 5.57. The van der Waals surface area contributed by atoms with Gasteiger partial charge in [0.25, 0.3) is 5.91 Å². The number of nitrogens with zero attached hydrogens (tertiary/aromatic N) is 3. The van der Waals surface area contributed by atoms with Crippen molar-refractivity contribution in [3.8, 4) is 17.0 Å². The standard InChI is InChI=1S/C19H14FN3O2/c20-14-7-5-13(6-8-14)15-11-21-12-16(22-15)19(24)23-9-10-25-18-4-2-1-3-17(18)23/h1-8,11-12H,9-10H2. The summed E-state index contributed by atoms with van der Waals surface area (Å²) in [6.45, 7) is 0.867. The molecule has 5 nitrogen and oxygen atoms in total. The number of anilines is 1. The number of rotatable bonds is 2. The summed E-state index contributed by atoms with van der Waals surface area (Å²) in [5.41, 5.74) is 2.17. The molecule has 25 heavy (non-hydrogen) atoms. The highest BCUT2D eigenvalue weighted by Gasteiger charge is 2.25. The molecule has 0 bridgehead atoms. The second kappa shape index (κ2) is 6.32. The quantitative estimate of drug-likeness (QED) is 0.721. The molecule has 1 aliphatic rings. The van der Waals surface area contributed by atoms with Gasteiger partial charge in [0.1, 0.15) is 23.9 Å². The number of hydrogen-bond donors (Lipinski definition) is 0. The first-order chi connectivity index (χ1) is 12.2. The molecule has 1 aromatic heterocycles. The van der Waals surface area contributed by atoms with E-state index >= 15 is 0 Å². The molecule has 0 spiro atoms. The number of para-hydroxylation sites is 2. The van der Waals surface area contributed by atoms with E-state index in [0.29, 0.717) is 35.8 Å². The van der Waals surface area contributed by atoms with Gasteiger partial charge in [-0.2, -0.15) is 0 Å². The molecule has 124 valence electrons. The van der Waals surface area contributed by atoms with Crippen LogP contribution in [0.15, 0.2) is 60.9 Å². The summed E-state index contributed by atoms with van der Waals surface area (Å²) >= 11 is 0. The smallest absolute Gasteiger partial charge is 0.278 e.